The third kappa shape index (κ3) is 2.48. The summed E-state index contributed by atoms with van der Waals surface area (Å²) in [4.78, 5) is 0.280. The van der Waals surface area contributed by atoms with Crippen molar-refractivity contribution >= 4 is 15.7 Å². The minimum atomic E-state index is -3.55. The van der Waals surface area contributed by atoms with Gasteiger partial charge in [0, 0.05) is 12.2 Å². The molecule has 1 aromatic carbocycles. The summed E-state index contributed by atoms with van der Waals surface area (Å²) in [6, 6.07) is 4.98. The Morgan fingerprint density at radius 1 is 1.37 bits per heavy atom. The molecule has 5 nitrogen and oxygen atoms in total. The summed E-state index contributed by atoms with van der Waals surface area (Å²) in [5, 5.41) is 0. The highest BCUT2D eigenvalue weighted by Gasteiger charge is 2.40. The first-order chi connectivity index (χ1) is 8.77. The van der Waals surface area contributed by atoms with Crippen molar-refractivity contribution in [2.24, 2.45) is 0 Å². The lowest BCUT2D eigenvalue weighted by atomic mass is 10.1. The van der Waals surface area contributed by atoms with E-state index in [4.69, 9.17) is 10.5 Å². The first-order valence-electron chi connectivity index (χ1n) is 6.22. The molecule has 0 spiro atoms. The van der Waals surface area contributed by atoms with E-state index in [0.29, 0.717) is 31.0 Å². The van der Waals surface area contributed by atoms with Crippen molar-refractivity contribution in [1.29, 1.82) is 0 Å². The van der Waals surface area contributed by atoms with E-state index in [1.807, 2.05) is 13.8 Å². The number of anilines is 1. The molecule has 1 aliphatic heterocycles. The normalized spacial score (nSPS) is 20.4. The molecular weight excluding hydrogens is 264 g/mol. The molecular formula is C13H20N2O3S. The Labute approximate surface area is 114 Å². The van der Waals surface area contributed by atoms with Crippen molar-refractivity contribution in [3.63, 3.8) is 0 Å². The Morgan fingerprint density at radius 2 is 2.05 bits per heavy atom. The molecule has 2 rings (SSSR count). The van der Waals surface area contributed by atoms with Gasteiger partial charge >= 0.3 is 0 Å². The zero-order valence-corrected chi connectivity index (χ0v) is 12.3. The van der Waals surface area contributed by atoms with Crippen molar-refractivity contribution < 1.29 is 13.2 Å². The molecule has 1 aromatic rings. The van der Waals surface area contributed by atoms with Crippen LogP contribution in [0, 0.1) is 6.92 Å². The number of rotatable bonds is 2. The standard InChI is InChI=1S/C13H20N2O3S/c1-10-11(14)5-4-6-12(10)19(16,17)15-7-8-18-9-13(15,2)3/h4-6H,7-9,14H2,1-3H3. The Balaban J connectivity index is 2.50. The third-order valence-electron chi connectivity index (χ3n) is 3.46. The molecule has 1 fully saturated rings. The smallest absolute Gasteiger partial charge is 0.244 e. The molecule has 0 amide bonds. The van der Waals surface area contributed by atoms with Crippen molar-refractivity contribution in [2.45, 2.75) is 31.2 Å². The number of nitrogens with zero attached hydrogens (tertiary/aromatic N) is 1. The van der Waals surface area contributed by atoms with Crippen LogP contribution in [0.3, 0.4) is 0 Å². The highest BCUT2D eigenvalue weighted by atomic mass is 32.2. The van der Waals surface area contributed by atoms with Gasteiger partial charge in [-0.25, -0.2) is 8.42 Å². The predicted molar refractivity (Wildman–Crippen MR) is 74.4 cm³/mol. The Hall–Kier alpha value is -1.11. The lowest BCUT2D eigenvalue weighted by molar-refractivity contribution is -0.00772. The summed E-state index contributed by atoms with van der Waals surface area (Å²) >= 11 is 0. The number of hydrogen-bond acceptors (Lipinski definition) is 4. The van der Waals surface area contributed by atoms with E-state index >= 15 is 0 Å². The van der Waals surface area contributed by atoms with Gasteiger partial charge < -0.3 is 10.5 Å². The van der Waals surface area contributed by atoms with Crippen LogP contribution >= 0.6 is 0 Å². The van der Waals surface area contributed by atoms with Gasteiger partial charge in [0.25, 0.3) is 0 Å². The van der Waals surface area contributed by atoms with E-state index in [2.05, 4.69) is 0 Å². The number of nitrogens with two attached hydrogens (primary N) is 1. The van der Waals surface area contributed by atoms with Gasteiger partial charge in [-0.3, -0.25) is 0 Å². The first-order valence-corrected chi connectivity index (χ1v) is 7.66. The van der Waals surface area contributed by atoms with Crippen LogP contribution in [-0.4, -0.2) is 38.0 Å². The minimum absolute atomic E-state index is 0.280. The van der Waals surface area contributed by atoms with Crippen molar-refractivity contribution in [1.82, 2.24) is 4.31 Å². The molecule has 0 atom stereocenters. The number of sulfonamides is 1. The monoisotopic (exact) mass is 284 g/mol. The van der Waals surface area contributed by atoms with Gasteiger partial charge in [0.1, 0.15) is 0 Å². The van der Waals surface area contributed by atoms with E-state index in [0.717, 1.165) is 0 Å². The first kappa shape index (κ1) is 14.3. The lowest BCUT2D eigenvalue weighted by Crippen LogP contribution is -2.55. The minimum Gasteiger partial charge on any atom is -0.398 e. The maximum absolute atomic E-state index is 12.8. The van der Waals surface area contributed by atoms with E-state index < -0.39 is 15.6 Å². The van der Waals surface area contributed by atoms with E-state index in [9.17, 15) is 8.42 Å². The highest BCUT2D eigenvalue weighted by Crippen LogP contribution is 2.30. The molecule has 106 valence electrons. The maximum atomic E-state index is 12.8. The van der Waals surface area contributed by atoms with Gasteiger partial charge in [0.05, 0.1) is 23.6 Å². The number of ether oxygens (including phenoxy) is 1. The van der Waals surface area contributed by atoms with E-state index in [1.165, 1.54) is 4.31 Å². The fourth-order valence-corrected chi connectivity index (χ4v) is 4.33. The van der Waals surface area contributed by atoms with Gasteiger partial charge in [0.2, 0.25) is 10.0 Å². The van der Waals surface area contributed by atoms with Gasteiger partial charge in [-0.2, -0.15) is 4.31 Å². The molecule has 0 bridgehead atoms. The molecule has 6 heteroatoms. The molecule has 2 N–H and O–H groups in total. The Kier molecular flexibility index (Phi) is 3.59. The van der Waals surface area contributed by atoms with Crippen LogP contribution in [0.15, 0.2) is 23.1 Å². The lowest BCUT2D eigenvalue weighted by Gasteiger charge is -2.41. The van der Waals surface area contributed by atoms with Crippen molar-refractivity contribution in [3.05, 3.63) is 23.8 Å². The molecule has 0 aromatic heterocycles. The van der Waals surface area contributed by atoms with Crippen LogP contribution in [0.5, 0.6) is 0 Å². The average Bonchev–Trinajstić information content (AvgIpc) is 2.31. The maximum Gasteiger partial charge on any atom is 0.244 e. The second-order valence-electron chi connectivity index (χ2n) is 5.41. The molecule has 0 unspecified atom stereocenters. The molecule has 19 heavy (non-hydrogen) atoms. The van der Waals surface area contributed by atoms with Gasteiger partial charge in [-0.15, -0.1) is 0 Å². The van der Waals surface area contributed by atoms with Crippen molar-refractivity contribution in [3.8, 4) is 0 Å². The zero-order chi connectivity index (χ0) is 14.3. The van der Waals surface area contributed by atoms with Gasteiger partial charge in [0.15, 0.2) is 0 Å². The van der Waals surface area contributed by atoms with E-state index in [1.54, 1.807) is 25.1 Å². The molecule has 1 heterocycles. The average molecular weight is 284 g/mol. The molecule has 1 saturated heterocycles. The Morgan fingerprint density at radius 3 is 2.68 bits per heavy atom. The van der Waals surface area contributed by atoms with Gasteiger partial charge in [-0.05, 0) is 38.5 Å². The molecule has 0 aliphatic carbocycles. The number of hydrogen-bond donors (Lipinski definition) is 1. The summed E-state index contributed by atoms with van der Waals surface area (Å²) in [7, 11) is -3.55. The fourth-order valence-electron chi connectivity index (χ4n) is 2.32. The molecule has 0 saturated carbocycles. The van der Waals surface area contributed by atoms with Crippen LogP contribution in [0.1, 0.15) is 19.4 Å². The largest absolute Gasteiger partial charge is 0.398 e. The topological polar surface area (TPSA) is 72.6 Å². The summed E-state index contributed by atoms with van der Waals surface area (Å²) in [6.07, 6.45) is 0. The van der Waals surface area contributed by atoms with Crippen LogP contribution in [0.25, 0.3) is 0 Å². The van der Waals surface area contributed by atoms with Crippen molar-refractivity contribution in [2.75, 3.05) is 25.5 Å². The number of benzene rings is 1. The van der Waals surface area contributed by atoms with E-state index in [-0.39, 0.29) is 4.90 Å². The van der Waals surface area contributed by atoms with Crippen LogP contribution < -0.4 is 5.73 Å². The summed E-state index contributed by atoms with van der Waals surface area (Å²) in [5.74, 6) is 0. The zero-order valence-electron chi connectivity index (χ0n) is 11.5. The molecule has 0 radical (unpaired) electrons. The molecule has 1 aliphatic rings. The van der Waals surface area contributed by atoms with Crippen LogP contribution in [0.4, 0.5) is 5.69 Å². The Bertz CT molecular complexity index is 582. The third-order valence-corrected chi connectivity index (χ3v) is 5.72. The number of morpholine rings is 1. The van der Waals surface area contributed by atoms with Gasteiger partial charge in [-0.1, -0.05) is 6.07 Å². The quantitative estimate of drug-likeness (QED) is 0.833. The number of nitrogen functional groups attached to an aromatic ring is 1. The SMILES string of the molecule is Cc1c(N)cccc1S(=O)(=O)N1CCOCC1(C)C. The van der Waals surface area contributed by atoms with Crippen LogP contribution in [0.2, 0.25) is 0 Å². The second-order valence-corrected chi connectivity index (χ2v) is 7.24. The highest BCUT2D eigenvalue weighted by molar-refractivity contribution is 7.89. The summed E-state index contributed by atoms with van der Waals surface area (Å²) < 4.78 is 32.5. The summed E-state index contributed by atoms with van der Waals surface area (Å²) in [6.45, 7) is 6.65. The fraction of sp³-hybridized carbons (Fsp3) is 0.538. The second kappa shape index (κ2) is 4.77. The summed E-state index contributed by atoms with van der Waals surface area (Å²) in [5.41, 5.74) is 6.35. The van der Waals surface area contributed by atoms with Crippen LogP contribution in [-0.2, 0) is 14.8 Å². The predicted octanol–water partition coefficient (Wildman–Crippen LogP) is 1.38.